The number of hydrogen-bond donors (Lipinski definition) is 1. The smallest absolute Gasteiger partial charge is 0.416 e. The van der Waals surface area contributed by atoms with E-state index in [-0.39, 0.29) is 29.4 Å². The fourth-order valence-electron chi connectivity index (χ4n) is 4.12. The highest BCUT2D eigenvalue weighted by molar-refractivity contribution is 6.51. The van der Waals surface area contributed by atoms with Gasteiger partial charge in [0.2, 0.25) is 6.79 Å². The summed E-state index contributed by atoms with van der Waals surface area (Å²) in [7, 11) is 0. The number of aliphatic hydroxyl groups excluding tert-OH is 1. The molecule has 1 N–H and O–H groups in total. The minimum atomic E-state index is -4.72. The van der Waals surface area contributed by atoms with Crippen LogP contribution in [-0.4, -0.2) is 23.6 Å². The first-order valence-corrected chi connectivity index (χ1v) is 10.3. The molecular formula is C25H15F4NO5. The van der Waals surface area contributed by atoms with Gasteiger partial charge in [0.05, 0.1) is 17.2 Å². The summed E-state index contributed by atoms with van der Waals surface area (Å²) >= 11 is 0. The molecule has 1 fully saturated rings. The van der Waals surface area contributed by atoms with E-state index >= 15 is 0 Å². The molecule has 3 aromatic carbocycles. The molecular weight excluding hydrogens is 470 g/mol. The van der Waals surface area contributed by atoms with Gasteiger partial charge in [0, 0.05) is 16.8 Å². The van der Waals surface area contributed by atoms with E-state index in [1.807, 2.05) is 0 Å². The predicted molar refractivity (Wildman–Crippen MR) is 115 cm³/mol. The molecule has 0 spiro atoms. The third kappa shape index (κ3) is 3.76. The molecule has 10 heteroatoms. The normalized spacial score (nSPS) is 18.9. The zero-order valence-electron chi connectivity index (χ0n) is 17.7. The lowest BCUT2D eigenvalue weighted by Crippen LogP contribution is -2.30. The molecule has 1 saturated heterocycles. The maximum Gasteiger partial charge on any atom is 0.416 e. The van der Waals surface area contributed by atoms with Gasteiger partial charge in [0.25, 0.3) is 11.7 Å². The molecule has 35 heavy (non-hydrogen) atoms. The van der Waals surface area contributed by atoms with Gasteiger partial charge in [-0.25, -0.2) is 4.39 Å². The largest absolute Gasteiger partial charge is 0.507 e. The van der Waals surface area contributed by atoms with Gasteiger partial charge in [-0.3, -0.25) is 14.5 Å². The first kappa shape index (κ1) is 22.5. The third-order valence-corrected chi connectivity index (χ3v) is 5.74. The van der Waals surface area contributed by atoms with Crippen LogP contribution in [0.5, 0.6) is 11.5 Å². The summed E-state index contributed by atoms with van der Waals surface area (Å²) in [6.07, 6.45) is -4.72. The number of fused-ring (bicyclic) bond motifs is 1. The molecule has 1 unspecified atom stereocenters. The minimum absolute atomic E-state index is 0.0469. The number of carbonyl (C=O) groups excluding carboxylic acids is 2. The summed E-state index contributed by atoms with van der Waals surface area (Å²) in [5.41, 5.74) is -1.90. The molecule has 0 bridgehead atoms. The molecule has 2 aliphatic heterocycles. The lowest BCUT2D eigenvalue weighted by atomic mass is 9.94. The molecule has 1 atom stereocenters. The Labute approximate surface area is 195 Å². The Morgan fingerprint density at radius 2 is 1.69 bits per heavy atom. The highest BCUT2D eigenvalue weighted by Gasteiger charge is 2.48. The minimum Gasteiger partial charge on any atom is -0.507 e. The number of alkyl halides is 3. The number of anilines is 1. The fourth-order valence-corrected chi connectivity index (χ4v) is 4.12. The number of nitrogens with zero attached hydrogens (tertiary/aromatic N) is 1. The van der Waals surface area contributed by atoms with Crippen LogP contribution in [0.25, 0.3) is 5.76 Å². The Bertz CT molecular complexity index is 1400. The second kappa shape index (κ2) is 8.15. The van der Waals surface area contributed by atoms with E-state index in [0.29, 0.717) is 11.8 Å². The topological polar surface area (TPSA) is 76.1 Å². The molecule has 5 rings (SSSR count). The van der Waals surface area contributed by atoms with Crippen LogP contribution in [0.15, 0.2) is 72.3 Å². The highest BCUT2D eigenvalue weighted by atomic mass is 19.4. The Balaban J connectivity index is 1.72. The van der Waals surface area contributed by atoms with Gasteiger partial charge in [-0.1, -0.05) is 24.3 Å². The summed E-state index contributed by atoms with van der Waals surface area (Å²) < 4.78 is 65.4. The molecule has 2 aliphatic rings. The maximum absolute atomic E-state index is 14.9. The van der Waals surface area contributed by atoms with E-state index < -0.39 is 46.6 Å². The Morgan fingerprint density at radius 3 is 2.43 bits per heavy atom. The number of aliphatic hydroxyl groups is 1. The fraction of sp³-hybridized carbons (Fsp3) is 0.120. The van der Waals surface area contributed by atoms with Gasteiger partial charge in [0.15, 0.2) is 11.5 Å². The van der Waals surface area contributed by atoms with Gasteiger partial charge in [-0.2, -0.15) is 13.2 Å². The van der Waals surface area contributed by atoms with E-state index in [1.165, 1.54) is 42.5 Å². The molecule has 0 saturated carbocycles. The van der Waals surface area contributed by atoms with Crippen LogP contribution in [0, 0.1) is 5.82 Å². The van der Waals surface area contributed by atoms with E-state index in [1.54, 1.807) is 0 Å². The Hall–Kier alpha value is -4.34. The first-order chi connectivity index (χ1) is 16.7. The van der Waals surface area contributed by atoms with Crippen LogP contribution in [0.4, 0.5) is 23.2 Å². The van der Waals surface area contributed by atoms with Crippen LogP contribution in [0.1, 0.15) is 22.7 Å². The number of ketones is 1. The molecule has 178 valence electrons. The number of hydrogen-bond acceptors (Lipinski definition) is 5. The van der Waals surface area contributed by atoms with Crippen molar-refractivity contribution >= 4 is 23.1 Å². The van der Waals surface area contributed by atoms with Crippen molar-refractivity contribution in [1.82, 2.24) is 0 Å². The summed E-state index contributed by atoms with van der Waals surface area (Å²) in [5.74, 6) is -3.15. The van der Waals surface area contributed by atoms with Crippen molar-refractivity contribution in [2.45, 2.75) is 12.2 Å². The van der Waals surface area contributed by atoms with Crippen molar-refractivity contribution in [3.63, 3.8) is 0 Å². The summed E-state index contributed by atoms with van der Waals surface area (Å²) in [5, 5.41) is 11.1. The summed E-state index contributed by atoms with van der Waals surface area (Å²) in [6, 6.07) is 11.8. The third-order valence-electron chi connectivity index (χ3n) is 5.74. The number of amides is 1. The van der Waals surface area contributed by atoms with Crippen molar-refractivity contribution in [2.24, 2.45) is 0 Å². The van der Waals surface area contributed by atoms with E-state index in [2.05, 4.69) is 0 Å². The molecule has 0 aliphatic carbocycles. The van der Waals surface area contributed by atoms with Crippen molar-refractivity contribution < 1.29 is 41.7 Å². The van der Waals surface area contributed by atoms with Crippen LogP contribution in [0.2, 0.25) is 0 Å². The van der Waals surface area contributed by atoms with Crippen LogP contribution in [0.3, 0.4) is 0 Å². The van der Waals surface area contributed by atoms with E-state index in [9.17, 15) is 32.3 Å². The van der Waals surface area contributed by atoms with Crippen molar-refractivity contribution in [1.29, 1.82) is 0 Å². The molecule has 1 amide bonds. The van der Waals surface area contributed by atoms with E-state index in [4.69, 9.17) is 9.47 Å². The molecule has 0 radical (unpaired) electrons. The number of carbonyl (C=O) groups is 2. The second-order valence-corrected chi connectivity index (χ2v) is 7.81. The number of benzene rings is 3. The van der Waals surface area contributed by atoms with Crippen LogP contribution in [-0.2, 0) is 15.8 Å². The van der Waals surface area contributed by atoms with Gasteiger partial charge >= 0.3 is 6.18 Å². The maximum atomic E-state index is 14.9. The average molecular weight is 485 g/mol. The number of rotatable bonds is 3. The molecule has 6 nitrogen and oxygen atoms in total. The van der Waals surface area contributed by atoms with E-state index in [0.717, 1.165) is 23.1 Å². The van der Waals surface area contributed by atoms with Gasteiger partial charge in [0.1, 0.15) is 11.6 Å². The SMILES string of the molecule is O=C1C(=O)N(c2cccc(C(F)(F)F)c2)C(c2ccccc2F)/C1=C(\O)c1ccc2c(c1)OCO2. The number of Topliss-reactive ketones (excluding diaryl/α,β-unsaturated/α-hetero) is 1. The molecule has 2 heterocycles. The standard InChI is InChI=1S/C25H15F4NO5/c26-17-7-2-1-6-16(17)21-20(22(31)13-8-9-18-19(10-13)35-12-34-18)23(32)24(33)30(21)15-5-3-4-14(11-15)25(27,28)29/h1-11,21,31H,12H2/b22-20+. The Morgan fingerprint density at radius 1 is 0.943 bits per heavy atom. The monoisotopic (exact) mass is 485 g/mol. The van der Waals surface area contributed by atoms with Gasteiger partial charge in [-0.15, -0.1) is 0 Å². The summed E-state index contributed by atoms with van der Waals surface area (Å²) in [6.45, 7) is -0.0469. The average Bonchev–Trinajstić information content (AvgIpc) is 3.40. The lowest BCUT2D eigenvalue weighted by molar-refractivity contribution is -0.137. The summed E-state index contributed by atoms with van der Waals surface area (Å²) in [4.78, 5) is 26.9. The Kier molecular flexibility index (Phi) is 5.23. The number of halogens is 4. The molecule has 3 aromatic rings. The van der Waals surface area contributed by atoms with Crippen molar-refractivity contribution in [3.8, 4) is 11.5 Å². The first-order valence-electron chi connectivity index (χ1n) is 10.3. The zero-order valence-corrected chi connectivity index (χ0v) is 17.7. The van der Waals surface area contributed by atoms with Crippen LogP contribution < -0.4 is 14.4 Å². The van der Waals surface area contributed by atoms with Crippen molar-refractivity contribution in [2.75, 3.05) is 11.7 Å². The van der Waals surface area contributed by atoms with Gasteiger partial charge in [-0.05, 0) is 42.5 Å². The lowest BCUT2D eigenvalue weighted by Gasteiger charge is -2.26. The highest BCUT2D eigenvalue weighted by Crippen LogP contribution is 2.45. The predicted octanol–water partition coefficient (Wildman–Crippen LogP) is 5.20. The quantitative estimate of drug-likeness (QED) is 0.239. The van der Waals surface area contributed by atoms with Crippen molar-refractivity contribution in [3.05, 3.63) is 94.8 Å². The second-order valence-electron chi connectivity index (χ2n) is 7.81. The van der Waals surface area contributed by atoms with Gasteiger partial charge < -0.3 is 14.6 Å². The zero-order chi connectivity index (χ0) is 24.9. The number of ether oxygens (including phenoxy) is 2. The molecule has 0 aromatic heterocycles. The van der Waals surface area contributed by atoms with Crippen LogP contribution >= 0.6 is 0 Å².